The van der Waals surface area contributed by atoms with Gasteiger partial charge in [-0.25, -0.2) is 4.79 Å². The number of carbonyl (C=O) groups is 1. The molecule has 1 aromatic carbocycles. The fourth-order valence-corrected chi connectivity index (χ4v) is 1.57. The lowest BCUT2D eigenvalue weighted by atomic mass is 9.96. The molecule has 0 radical (unpaired) electrons. The van der Waals surface area contributed by atoms with Crippen LogP contribution in [-0.4, -0.2) is 23.4 Å². The highest BCUT2D eigenvalue weighted by atomic mass is 19.4. The highest BCUT2D eigenvalue weighted by Crippen LogP contribution is 2.46. The summed E-state index contributed by atoms with van der Waals surface area (Å²) in [5, 5.41) is 8.36. The molecule has 1 rings (SSSR count). The largest absolute Gasteiger partial charge is 0.478 e. The molecule has 0 aliphatic rings. The molecule has 0 heterocycles. The van der Waals surface area contributed by atoms with Crippen LogP contribution in [0.15, 0.2) is 30.3 Å². The Morgan fingerprint density at radius 1 is 1.10 bits per heavy atom. The van der Waals surface area contributed by atoms with Crippen LogP contribution in [0, 0.1) is 0 Å². The van der Waals surface area contributed by atoms with E-state index in [-0.39, 0.29) is 5.56 Å². The van der Waals surface area contributed by atoms with E-state index in [0.717, 1.165) is 12.1 Å². The van der Waals surface area contributed by atoms with Gasteiger partial charge in [0.05, 0.1) is 0 Å². The summed E-state index contributed by atoms with van der Waals surface area (Å²) in [5.41, 5.74) is -1.05. The van der Waals surface area contributed by atoms with E-state index in [1.54, 1.807) is 0 Å². The smallest absolute Gasteiger partial charge is 0.404 e. The van der Waals surface area contributed by atoms with Crippen molar-refractivity contribution in [3.05, 3.63) is 41.5 Å². The molecule has 2 nitrogen and oxygen atoms in total. The first-order chi connectivity index (χ1) is 9.01. The molecule has 0 saturated heterocycles. The van der Waals surface area contributed by atoms with Crippen molar-refractivity contribution in [2.75, 3.05) is 0 Å². The van der Waals surface area contributed by atoms with Crippen LogP contribution in [0.1, 0.15) is 17.0 Å². The number of hydrogen-bond donors (Lipinski definition) is 1. The Morgan fingerprint density at radius 3 is 2.10 bits per heavy atom. The van der Waals surface area contributed by atoms with Crippen LogP contribution < -0.4 is 0 Å². The second-order valence-corrected chi connectivity index (χ2v) is 3.86. The van der Waals surface area contributed by atoms with Gasteiger partial charge < -0.3 is 5.11 Å². The van der Waals surface area contributed by atoms with E-state index in [2.05, 4.69) is 0 Å². The third kappa shape index (κ3) is 4.29. The van der Waals surface area contributed by atoms with Gasteiger partial charge in [0.25, 0.3) is 0 Å². The second kappa shape index (κ2) is 5.56. The Bertz CT molecular complexity index is 501. The number of hydrogen-bond acceptors (Lipinski definition) is 1. The van der Waals surface area contributed by atoms with Gasteiger partial charge in [-0.2, -0.15) is 26.3 Å². The number of alkyl halides is 6. The standard InChI is InChI=1S/C12H8F6O2/c13-11(14,15)10(12(16,17)18)8-3-1-2-7(6-8)4-5-9(19)20/h1-6,10H,(H,19,20). The highest BCUT2D eigenvalue weighted by Gasteiger charge is 2.57. The van der Waals surface area contributed by atoms with Crippen molar-refractivity contribution in [1.29, 1.82) is 0 Å². The van der Waals surface area contributed by atoms with E-state index in [4.69, 9.17) is 5.11 Å². The minimum atomic E-state index is -5.48. The van der Waals surface area contributed by atoms with Gasteiger partial charge in [0, 0.05) is 6.08 Å². The minimum Gasteiger partial charge on any atom is -0.478 e. The normalized spacial score (nSPS) is 13.2. The van der Waals surface area contributed by atoms with E-state index >= 15 is 0 Å². The van der Waals surface area contributed by atoms with Gasteiger partial charge in [-0.3, -0.25) is 0 Å². The average Bonchev–Trinajstić information content (AvgIpc) is 2.22. The molecule has 0 aromatic heterocycles. The maximum atomic E-state index is 12.5. The summed E-state index contributed by atoms with van der Waals surface area (Å²) < 4.78 is 75.1. The summed E-state index contributed by atoms with van der Waals surface area (Å²) in [6, 6.07) is 3.56. The topological polar surface area (TPSA) is 37.3 Å². The quantitative estimate of drug-likeness (QED) is 0.676. The van der Waals surface area contributed by atoms with E-state index < -0.39 is 29.8 Å². The van der Waals surface area contributed by atoms with Gasteiger partial charge in [-0.1, -0.05) is 24.3 Å². The lowest BCUT2D eigenvalue weighted by Crippen LogP contribution is -2.34. The van der Waals surface area contributed by atoms with E-state index in [1.165, 1.54) is 6.07 Å². The number of carboxylic acid groups (broad SMARTS) is 1. The Morgan fingerprint density at radius 2 is 1.65 bits per heavy atom. The van der Waals surface area contributed by atoms with Crippen molar-refractivity contribution in [3.63, 3.8) is 0 Å². The Kier molecular flexibility index (Phi) is 4.46. The van der Waals surface area contributed by atoms with Crippen LogP contribution in [0.5, 0.6) is 0 Å². The lowest BCUT2D eigenvalue weighted by molar-refractivity contribution is -0.253. The molecule has 0 spiro atoms. The van der Waals surface area contributed by atoms with Crippen LogP contribution >= 0.6 is 0 Å². The van der Waals surface area contributed by atoms with Gasteiger partial charge >= 0.3 is 18.3 Å². The third-order valence-electron chi connectivity index (χ3n) is 2.32. The predicted molar refractivity (Wildman–Crippen MR) is 58.0 cm³/mol. The molecule has 1 N–H and O–H groups in total. The molecule has 0 saturated carbocycles. The van der Waals surface area contributed by atoms with Gasteiger partial charge in [-0.15, -0.1) is 0 Å². The van der Waals surface area contributed by atoms with E-state index in [0.29, 0.717) is 18.2 Å². The molecule has 1 aromatic rings. The Balaban J connectivity index is 3.23. The molecule has 20 heavy (non-hydrogen) atoms. The number of aliphatic carboxylic acids is 1. The summed E-state index contributed by atoms with van der Waals surface area (Å²) >= 11 is 0. The zero-order valence-electron chi connectivity index (χ0n) is 9.66. The van der Waals surface area contributed by atoms with Crippen molar-refractivity contribution in [1.82, 2.24) is 0 Å². The van der Waals surface area contributed by atoms with Crippen LogP contribution in [0.4, 0.5) is 26.3 Å². The summed E-state index contributed by atoms with van der Waals surface area (Å²) in [4.78, 5) is 10.3. The number of rotatable bonds is 3. The first kappa shape index (κ1) is 16.1. The SMILES string of the molecule is O=C(O)C=Cc1cccc(C(C(F)(F)F)C(F)(F)F)c1. The average molecular weight is 298 g/mol. The maximum Gasteiger partial charge on any atom is 0.404 e. The molecule has 110 valence electrons. The van der Waals surface area contributed by atoms with E-state index in [9.17, 15) is 31.1 Å². The predicted octanol–water partition coefficient (Wildman–Crippen LogP) is 3.99. The zero-order valence-corrected chi connectivity index (χ0v) is 9.66. The molecule has 0 aliphatic heterocycles. The molecule has 0 atom stereocenters. The van der Waals surface area contributed by atoms with Crippen LogP contribution in [-0.2, 0) is 4.79 Å². The van der Waals surface area contributed by atoms with Gasteiger partial charge in [0.15, 0.2) is 5.92 Å². The summed E-state index contributed by atoms with van der Waals surface area (Å²) in [6.45, 7) is 0. The van der Waals surface area contributed by atoms with Crippen molar-refractivity contribution in [2.45, 2.75) is 18.3 Å². The van der Waals surface area contributed by atoms with Crippen molar-refractivity contribution < 1.29 is 36.2 Å². The van der Waals surface area contributed by atoms with Gasteiger partial charge in [0.1, 0.15) is 0 Å². The molecule has 0 aliphatic carbocycles. The fraction of sp³-hybridized carbons (Fsp3) is 0.250. The minimum absolute atomic E-state index is 0.0663. The molecule has 0 fully saturated rings. The number of halogens is 6. The first-order valence-corrected chi connectivity index (χ1v) is 5.16. The summed E-state index contributed by atoms with van der Waals surface area (Å²) in [5.74, 6) is -4.97. The van der Waals surface area contributed by atoms with Crippen molar-refractivity contribution in [3.8, 4) is 0 Å². The Hall–Kier alpha value is -1.99. The molecule has 0 amide bonds. The third-order valence-corrected chi connectivity index (χ3v) is 2.32. The summed E-state index contributed by atoms with van der Waals surface area (Å²) in [6.07, 6.45) is -9.42. The highest BCUT2D eigenvalue weighted by molar-refractivity contribution is 5.85. The lowest BCUT2D eigenvalue weighted by Gasteiger charge is -2.23. The summed E-state index contributed by atoms with van der Waals surface area (Å²) in [7, 11) is 0. The van der Waals surface area contributed by atoms with Crippen LogP contribution in [0.25, 0.3) is 6.08 Å². The number of carboxylic acids is 1. The Labute approximate surface area is 109 Å². The monoisotopic (exact) mass is 298 g/mol. The number of benzene rings is 1. The van der Waals surface area contributed by atoms with Crippen LogP contribution in [0.2, 0.25) is 0 Å². The van der Waals surface area contributed by atoms with Crippen LogP contribution in [0.3, 0.4) is 0 Å². The van der Waals surface area contributed by atoms with Crippen molar-refractivity contribution >= 4 is 12.0 Å². The molecule has 0 unspecified atom stereocenters. The van der Waals surface area contributed by atoms with Gasteiger partial charge in [0.2, 0.25) is 0 Å². The zero-order chi connectivity index (χ0) is 15.6. The molecule has 8 heteroatoms. The first-order valence-electron chi connectivity index (χ1n) is 5.16. The second-order valence-electron chi connectivity index (χ2n) is 3.86. The van der Waals surface area contributed by atoms with Crippen molar-refractivity contribution in [2.24, 2.45) is 0 Å². The fourth-order valence-electron chi connectivity index (χ4n) is 1.57. The molecule has 0 bridgehead atoms. The molecular weight excluding hydrogens is 290 g/mol. The molecular formula is C12H8F6O2. The van der Waals surface area contributed by atoms with Gasteiger partial charge in [-0.05, 0) is 17.2 Å². The maximum absolute atomic E-state index is 12.5. The van der Waals surface area contributed by atoms with E-state index in [1.807, 2.05) is 0 Å².